The van der Waals surface area contributed by atoms with Crippen LogP contribution in [0, 0.1) is 13.8 Å². The summed E-state index contributed by atoms with van der Waals surface area (Å²) in [6.07, 6.45) is 1.43. The van der Waals surface area contributed by atoms with Gasteiger partial charge in [0, 0.05) is 11.1 Å². The molecule has 0 atom stereocenters. The molecular formula is C16H16N2O2. The molecule has 2 aromatic rings. The van der Waals surface area contributed by atoms with Crippen LogP contribution in [-0.2, 0) is 0 Å². The summed E-state index contributed by atoms with van der Waals surface area (Å²) >= 11 is 0. The Morgan fingerprint density at radius 2 is 1.90 bits per heavy atom. The van der Waals surface area contributed by atoms with E-state index in [1.54, 1.807) is 30.3 Å². The summed E-state index contributed by atoms with van der Waals surface area (Å²) < 4.78 is 0. The molecule has 0 bridgehead atoms. The lowest BCUT2D eigenvalue weighted by Gasteiger charge is -2.02. The second kappa shape index (κ2) is 6.02. The molecule has 0 fully saturated rings. The van der Waals surface area contributed by atoms with Crippen molar-refractivity contribution in [3.05, 3.63) is 64.7 Å². The van der Waals surface area contributed by atoms with Crippen molar-refractivity contribution < 1.29 is 9.90 Å². The van der Waals surface area contributed by atoms with E-state index in [1.807, 2.05) is 26.0 Å². The van der Waals surface area contributed by atoms with E-state index >= 15 is 0 Å². The number of rotatable bonds is 3. The molecule has 0 aliphatic rings. The Hall–Kier alpha value is -2.62. The Morgan fingerprint density at radius 3 is 2.65 bits per heavy atom. The zero-order chi connectivity index (χ0) is 14.5. The maximum Gasteiger partial charge on any atom is 0.271 e. The molecule has 0 spiro atoms. The average molecular weight is 268 g/mol. The van der Waals surface area contributed by atoms with Crippen LogP contribution in [0.15, 0.2) is 47.6 Å². The standard InChI is InChI=1S/C16H16N2O2/c1-11-4-3-5-13(8-11)16(20)18-17-10-14-9-12(2)6-7-15(14)19/h3-10,19H,1-2H3,(H,18,20). The molecule has 2 rings (SSSR count). The second-order valence-corrected chi connectivity index (χ2v) is 4.63. The van der Waals surface area contributed by atoms with Crippen molar-refractivity contribution in [2.75, 3.05) is 0 Å². The van der Waals surface area contributed by atoms with Gasteiger partial charge >= 0.3 is 0 Å². The number of carbonyl (C=O) groups excluding carboxylic acids is 1. The summed E-state index contributed by atoms with van der Waals surface area (Å²) in [7, 11) is 0. The van der Waals surface area contributed by atoms with Crippen molar-refractivity contribution >= 4 is 12.1 Å². The van der Waals surface area contributed by atoms with E-state index in [4.69, 9.17) is 0 Å². The molecule has 0 saturated heterocycles. The number of nitrogens with zero attached hydrogens (tertiary/aromatic N) is 1. The summed E-state index contributed by atoms with van der Waals surface area (Å²) in [4.78, 5) is 11.9. The van der Waals surface area contributed by atoms with Crippen LogP contribution in [0.4, 0.5) is 0 Å². The normalized spacial score (nSPS) is 10.7. The third kappa shape index (κ3) is 3.45. The van der Waals surface area contributed by atoms with E-state index in [0.717, 1.165) is 11.1 Å². The topological polar surface area (TPSA) is 61.7 Å². The Morgan fingerprint density at radius 1 is 1.15 bits per heavy atom. The molecular weight excluding hydrogens is 252 g/mol. The number of phenols is 1. The monoisotopic (exact) mass is 268 g/mol. The number of hydrogen-bond acceptors (Lipinski definition) is 3. The molecule has 0 aromatic heterocycles. The Bertz CT molecular complexity index is 663. The van der Waals surface area contributed by atoms with Crippen molar-refractivity contribution in [1.82, 2.24) is 5.43 Å². The van der Waals surface area contributed by atoms with E-state index in [1.165, 1.54) is 6.21 Å². The van der Waals surface area contributed by atoms with Crippen molar-refractivity contribution in [2.45, 2.75) is 13.8 Å². The molecule has 0 heterocycles. The smallest absolute Gasteiger partial charge is 0.271 e. The van der Waals surface area contributed by atoms with E-state index in [0.29, 0.717) is 11.1 Å². The van der Waals surface area contributed by atoms with Gasteiger partial charge in [-0.3, -0.25) is 4.79 Å². The zero-order valence-electron chi connectivity index (χ0n) is 11.4. The number of amides is 1. The van der Waals surface area contributed by atoms with Gasteiger partial charge in [-0.25, -0.2) is 5.43 Å². The first kappa shape index (κ1) is 13.8. The third-order valence-corrected chi connectivity index (χ3v) is 2.83. The highest BCUT2D eigenvalue weighted by Crippen LogP contribution is 2.15. The van der Waals surface area contributed by atoms with Crippen LogP contribution in [0.2, 0.25) is 0 Å². The lowest BCUT2D eigenvalue weighted by molar-refractivity contribution is 0.0955. The summed E-state index contributed by atoms with van der Waals surface area (Å²) in [6.45, 7) is 3.84. The van der Waals surface area contributed by atoms with Crippen molar-refractivity contribution in [2.24, 2.45) is 5.10 Å². The number of phenolic OH excluding ortho intramolecular Hbond substituents is 1. The third-order valence-electron chi connectivity index (χ3n) is 2.83. The number of aromatic hydroxyl groups is 1. The van der Waals surface area contributed by atoms with Gasteiger partial charge in [0.05, 0.1) is 6.21 Å². The van der Waals surface area contributed by atoms with Crippen LogP contribution in [0.3, 0.4) is 0 Å². The van der Waals surface area contributed by atoms with E-state index in [2.05, 4.69) is 10.5 Å². The summed E-state index contributed by atoms with van der Waals surface area (Å²) in [5.74, 6) is -0.152. The van der Waals surface area contributed by atoms with Gasteiger partial charge in [0.25, 0.3) is 5.91 Å². The minimum atomic E-state index is -0.280. The first-order chi connectivity index (χ1) is 9.56. The van der Waals surface area contributed by atoms with Crippen LogP contribution in [0.1, 0.15) is 27.0 Å². The number of carbonyl (C=O) groups is 1. The number of hydrogen-bond donors (Lipinski definition) is 2. The molecule has 0 aliphatic carbocycles. The Kier molecular flexibility index (Phi) is 4.15. The fourth-order valence-electron chi connectivity index (χ4n) is 1.79. The number of hydrazone groups is 1. The van der Waals surface area contributed by atoms with Crippen molar-refractivity contribution in [1.29, 1.82) is 0 Å². The van der Waals surface area contributed by atoms with Gasteiger partial charge in [-0.1, -0.05) is 29.3 Å². The highest BCUT2D eigenvalue weighted by atomic mass is 16.3. The maximum absolute atomic E-state index is 11.9. The second-order valence-electron chi connectivity index (χ2n) is 4.63. The van der Waals surface area contributed by atoms with E-state index < -0.39 is 0 Å². The van der Waals surface area contributed by atoms with E-state index in [-0.39, 0.29) is 11.7 Å². The van der Waals surface area contributed by atoms with Gasteiger partial charge in [-0.15, -0.1) is 0 Å². The van der Waals surface area contributed by atoms with E-state index in [9.17, 15) is 9.90 Å². The fourth-order valence-corrected chi connectivity index (χ4v) is 1.79. The minimum absolute atomic E-state index is 0.129. The zero-order valence-corrected chi connectivity index (χ0v) is 11.4. The SMILES string of the molecule is Cc1cccc(C(=O)NN=Cc2cc(C)ccc2O)c1. The van der Waals surface area contributed by atoms with Gasteiger partial charge in [-0.2, -0.15) is 5.10 Å². The number of nitrogens with one attached hydrogen (secondary N) is 1. The van der Waals surface area contributed by atoms with Gasteiger partial charge in [-0.05, 0) is 38.1 Å². The van der Waals surface area contributed by atoms with Gasteiger partial charge in [0.1, 0.15) is 5.75 Å². The molecule has 2 aromatic carbocycles. The predicted molar refractivity (Wildman–Crippen MR) is 79.1 cm³/mol. The Balaban J connectivity index is 2.06. The lowest BCUT2D eigenvalue weighted by atomic mass is 10.1. The fraction of sp³-hybridized carbons (Fsp3) is 0.125. The average Bonchev–Trinajstić information content (AvgIpc) is 2.42. The maximum atomic E-state index is 11.9. The molecule has 2 N–H and O–H groups in total. The molecule has 0 saturated carbocycles. The molecule has 102 valence electrons. The quantitative estimate of drug-likeness (QED) is 0.664. The van der Waals surface area contributed by atoms with Crippen molar-refractivity contribution in [3.63, 3.8) is 0 Å². The molecule has 20 heavy (non-hydrogen) atoms. The number of benzene rings is 2. The van der Waals surface area contributed by atoms with Crippen LogP contribution in [0.25, 0.3) is 0 Å². The van der Waals surface area contributed by atoms with Crippen LogP contribution < -0.4 is 5.43 Å². The largest absolute Gasteiger partial charge is 0.507 e. The molecule has 0 radical (unpaired) electrons. The van der Waals surface area contributed by atoms with Crippen LogP contribution in [0.5, 0.6) is 5.75 Å². The van der Waals surface area contributed by atoms with Gasteiger partial charge in [0.15, 0.2) is 0 Å². The minimum Gasteiger partial charge on any atom is -0.507 e. The first-order valence-electron chi connectivity index (χ1n) is 6.26. The molecule has 0 aliphatic heterocycles. The summed E-state index contributed by atoms with van der Waals surface area (Å²) in [5, 5.41) is 13.5. The van der Waals surface area contributed by atoms with Crippen LogP contribution in [-0.4, -0.2) is 17.2 Å². The predicted octanol–water partition coefficient (Wildman–Crippen LogP) is 2.77. The Labute approximate surface area is 117 Å². The van der Waals surface area contributed by atoms with Crippen LogP contribution >= 0.6 is 0 Å². The highest BCUT2D eigenvalue weighted by Gasteiger charge is 2.03. The molecule has 4 nitrogen and oxygen atoms in total. The first-order valence-corrected chi connectivity index (χ1v) is 6.26. The summed E-state index contributed by atoms with van der Waals surface area (Å²) in [6, 6.07) is 12.4. The van der Waals surface area contributed by atoms with Gasteiger partial charge < -0.3 is 5.11 Å². The van der Waals surface area contributed by atoms with Gasteiger partial charge in [0.2, 0.25) is 0 Å². The summed E-state index contributed by atoms with van der Waals surface area (Å²) in [5.41, 5.74) is 5.58. The molecule has 4 heteroatoms. The molecule has 0 unspecified atom stereocenters. The lowest BCUT2D eigenvalue weighted by Crippen LogP contribution is -2.17. The van der Waals surface area contributed by atoms with Crippen molar-refractivity contribution in [3.8, 4) is 5.75 Å². The highest BCUT2D eigenvalue weighted by molar-refractivity contribution is 5.95. The molecule has 1 amide bonds. The number of aryl methyl sites for hydroxylation is 2.